The number of pyridine rings is 1. The predicted octanol–water partition coefficient (Wildman–Crippen LogP) is 3.85. The number of anilines is 3. The highest BCUT2D eigenvalue weighted by atomic mass is 19.4. The Balaban J connectivity index is 1.24. The maximum atomic E-state index is 12.9. The van der Waals surface area contributed by atoms with Crippen molar-refractivity contribution in [1.82, 2.24) is 24.7 Å². The lowest BCUT2D eigenvalue weighted by atomic mass is 9.80. The molecule has 1 atom stereocenters. The summed E-state index contributed by atoms with van der Waals surface area (Å²) in [5.74, 6) is 1.61. The van der Waals surface area contributed by atoms with Gasteiger partial charge in [0.25, 0.3) is 0 Å². The lowest BCUT2D eigenvalue weighted by molar-refractivity contribution is -0.141. The molecule has 1 saturated carbocycles. The third-order valence-corrected chi connectivity index (χ3v) is 6.79. The van der Waals surface area contributed by atoms with Crippen LogP contribution in [0.2, 0.25) is 0 Å². The van der Waals surface area contributed by atoms with Crippen molar-refractivity contribution in [2.75, 3.05) is 22.6 Å². The molecule has 3 aromatic rings. The monoisotopic (exact) mass is 488 g/mol. The highest BCUT2D eigenvalue weighted by Gasteiger charge is 2.37. The molecule has 35 heavy (non-hydrogen) atoms. The molecule has 9 nitrogen and oxygen atoms in total. The Hall–Kier alpha value is -3.44. The fraction of sp³-hybridized carbons (Fsp3) is 0.522. The van der Waals surface area contributed by atoms with Crippen LogP contribution < -0.4 is 15.5 Å². The molecule has 1 amide bonds. The molecule has 1 aliphatic heterocycles. The molecule has 12 heteroatoms. The number of hydrogen-bond acceptors (Lipinski definition) is 7. The highest BCUT2D eigenvalue weighted by molar-refractivity contribution is 6.03. The number of fused-ring (bicyclic) bond motifs is 2. The van der Waals surface area contributed by atoms with E-state index in [0.29, 0.717) is 46.5 Å². The molecular formula is C23H27F3N8O. The highest BCUT2D eigenvalue weighted by Crippen LogP contribution is 2.36. The minimum absolute atomic E-state index is 0.0554. The molecule has 0 bridgehead atoms. The van der Waals surface area contributed by atoms with E-state index in [0.717, 1.165) is 18.9 Å². The smallest absolute Gasteiger partial charge is 0.351 e. The van der Waals surface area contributed by atoms with Crippen molar-refractivity contribution in [1.29, 1.82) is 0 Å². The average molecular weight is 489 g/mol. The Kier molecular flexibility index (Phi) is 5.56. The summed E-state index contributed by atoms with van der Waals surface area (Å²) in [4.78, 5) is 27.2. The SMILES string of the molecule is Cc1nc(NC2CC(Cn3ncc4cc(C(F)(F)F)ncc43)C2)nc2c1NC(=O)C(C(C)C)N2C. The van der Waals surface area contributed by atoms with Crippen molar-refractivity contribution in [2.24, 2.45) is 11.8 Å². The number of carbonyl (C=O) groups is 1. The van der Waals surface area contributed by atoms with Crippen LogP contribution in [-0.4, -0.2) is 49.8 Å². The van der Waals surface area contributed by atoms with Crippen molar-refractivity contribution in [3.63, 3.8) is 0 Å². The van der Waals surface area contributed by atoms with E-state index in [1.807, 2.05) is 32.7 Å². The molecule has 4 heterocycles. The lowest BCUT2D eigenvalue weighted by Crippen LogP contribution is -2.50. The second kappa shape index (κ2) is 8.35. The van der Waals surface area contributed by atoms with E-state index < -0.39 is 11.9 Å². The van der Waals surface area contributed by atoms with Crippen molar-refractivity contribution in [3.8, 4) is 0 Å². The predicted molar refractivity (Wildman–Crippen MR) is 125 cm³/mol. The molecule has 2 N–H and O–H groups in total. The normalized spacial score (nSPS) is 22.2. The largest absolute Gasteiger partial charge is 0.433 e. The van der Waals surface area contributed by atoms with Crippen LogP contribution in [0, 0.1) is 18.8 Å². The molecule has 0 spiro atoms. The molecule has 3 aromatic heterocycles. The molecule has 0 saturated heterocycles. The maximum absolute atomic E-state index is 12.9. The van der Waals surface area contributed by atoms with E-state index in [9.17, 15) is 18.0 Å². The summed E-state index contributed by atoms with van der Waals surface area (Å²) in [6.45, 7) is 6.45. The quantitative estimate of drug-likeness (QED) is 0.563. The molecule has 2 aliphatic rings. The number of nitrogens with zero attached hydrogens (tertiary/aromatic N) is 6. The summed E-state index contributed by atoms with van der Waals surface area (Å²) in [5, 5.41) is 11.0. The number of aromatic nitrogens is 5. The van der Waals surface area contributed by atoms with Gasteiger partial charge in [0.1, 0.15) is 17.4 Å². The number of amides is 1. The summed E-state index contributed by atoms with van der Waals surface area (Å²) in [6.07, 6.45) is -0.0738. The molecule has 0 radical (unpaired) electrons. The first-order chi connectivity index (χ1) is 16.5. The van der Waals surface area contributed by atoms with Crippen LogP contribution in [-0.2, 0) is 17.5 Å². The van der Waals surface area contributed by atoms with Gasteiger partial charge >= 0.3 is 6.18 Å². The van der Waals surface area contributed by atoms with Crippen LogP contribution in [0.5, 0.6) is 0 Å². The minimum atomic E-state index is -4.48. The van der Waals surface area contributed by atoms with E-state index in [2.05, 4.69) is 30.7 Å². The average Bonchev–Trinajstić information content (AvgIpc) is 3.14. The maximum Gasteiger partial charge on any atom is 0.433 e. The zero-order valence-electron chi connectivity index (χ0n) is 19.9. The van der Waals surface area contributed by atoms with E-state index in [-0.39, 0.29) is 23.9 Å². The Morgan fingerprint density at radius 1 is 1.23 bits per heavy atom. The van der Waals surface area contributed by atoms with Crippen LogP contribution in [0.25, 0.3) is 10.9 Å². The second-order valence-electron chi connectivity index (χ2n) is 9.75. The zero-order chi connectivity index (χ0) is 25.1. The van der Waals surface area contributed by atoms with Crippen molar-refractivity contribution in [3.05, 3.63) is 29.8 Å². The molecule has 1 unspecified atom stereocenters. The first-order valence-corrected chi connectivity index (χ1v) is 11.6. The fourth-order valence-corrected chi connectivity index (χ4v) is 4.99. The Labute approximate surface area is 200 Å². The van der Waals surface area contributed by atoms with Crippen LogP contribution in [0.1, 0.15) is 38.1 Å². The van der Waals surface area contributed by atoms with Crippen LogP contribution >= 0.6 is 0 Å². The Bertz CT molecular complexity index is 1280. The standard InChI is InChI=1S/C23H27F3N8O/c1-11(2)19-21(35)31-18-12(3)29-22(32-20(18)33(19)4)30-15-5-13(6-15)10-34-16-9-27-17(23(24,25)26)7-14(16)8-28-34/h7-9,11,13,15,19H,5-6,10H2,1-4H3,(H,31,35)(H,29,30,32). The van der Waals surface area contributed by atoms with Gasteiger partial charge in [-0.05, 0) is 37.7 Å². The first kappa shape index (κ1) is 23.3. The molecular weight excluding hydrogens is 461 g/mol. The van der Waals surface area contributed by atoms with Gasteiger partial charge < -0.3 is 15.5 Å². The first-order valence-electron chi connectivity index (χ1n) is 11.6. The van der Waals surface area contributed by atoms with Crippen LogP contribution in [0.4, 0.5) is 30.6 Å². The van der Waals surface area contributed by atoms with Crippen molar-refractivity contribution in [2.45, 2.75) is 58.4 Å². The van der Waals surface area contributed by atoms with E-state index in [1.54, 1.807) is 4.68 Å². The van der Waals surface area contributed by atoms with Gasteiger partial charge in [-0.3, -0.25) is 9.48 Å². The van der Waals surface area contributed by atoms with Gasteiger partial charge in [-0.25, -0.2) is 9.97 Å². The van der Waals surface area contributed by atoms with Crippen molar-refractivity contribution < 1.29 is 18.0 Å². The number of aryl methyl sites for hydroxylation is 1. The Morgan fingerprint density at radius 2 is 1.97 bits per heavy atom. The lowest BCUT2D eigenvalue weighted by Gasteiger charge is -2.38. The van der Waals surface area contributed by atoms with Gasteiger partial charge in [-0.2, -0.15) is 23.3 Å². The van der Waals surface area contributed by atoms with E-state index >= 15 is 0 Å². The second-order valence-corrected chi connectivity index (χ2v) is 9.75. The number of alkyl halides is 3. The summed E-state index contributed by atoms with van der Waals surface area (Å²) in [6, 6.07) is 0.908. The van der Waals surface area contributed by atoms with Crippen LogP contribution in [0.15, 0.2) is 18.5 Å². The third-order valence-electron chi connectivity index (χ3n) is 6.79. The van der Waals surface area contributed by atoms with E-state index in [1.165, 1.54) is 12.4 Å². The van der Waals surface area contributed by atoms with Gasteiger partial charge in [0.2, 0.25) is 11.9 Å². The summed E-state index contributed by atoms with van der Waals surface area (Å²) in [5.41, 5.74) is 1.01. The third kappa shape index (κ3) is 4.25. The minimum Gasteiger partial charge on any atom is -0.351 e. The number of halogens is 3. The molecule has 0 aromatic carbocycles. The molecule has 1 aliphatic carbocycles. The van der Waals surface area contributed by atoms with Crippen molar-refractivity contribution >= 4 is 34.3 Å². The molecule has 186 valence electrons. The number of hydrogen-bond donors (Lipinski definition) is 2. The summed E-state index contributed by atoms with van der Waals surface area (Å²) < 4.78 is 40.4. The molecule has 5 rings (SSSR count). The fourth-order valence-electron chi connectivity index (χ4n) is 4.99. The van der Waals surface area contributed by atoms with Gasteiger partial charge in [0.05, 0.1) is 23.6 Å². The zero-order valence-corrected chi connectivity index (χ0v) is 19.9. The number of rotatable bonds is 5. The Morgan fingerprint density at radius 3 is 2.66 bits per heavy atom. The summed E-state index contributed by atoms with van der Waals surface area (Å²) >= 11 is 0. The summed E-state index contributed by atoms with van der Waals surface area (Å²) in [7, 11) is 1.87. The topological polar surface area (TPSA) is 101 Å². The number of carbonyl (C=O) groups excluding carboxylic acids is 1. The van der Waals surface area contributed by atoms with Gasteiger partial charge in [0, 0.05) is 25.0 Å². The number of likely N-dealkylation sites (N-methyl/N-ethyl adjacent to an activating group) is 1. The molecule has 1 fully saturated rings. The van der Waals surface area contributed by atoms with Gasteiger partial charge in [0.15, 0.2) is 5.82 Å². The van der Waals surface area contributed by atoms with Gasteiger partial charge in [-0.15, -0.1) is 0 Å². The van der Waals surface area contributed by atoms with Gasteiger partial charge in [-0.1, -0.05) is 13.8 Å². The van der Waals surface area contributed by atoms with E-state index in [4.69, 9.17) is 0 Å². The number of nitrogens with one attached hydrogen (secondary N) is 2. The van der Waals surface area contributed by atoms with Crippen LogP contribution in [0.3, 0.4) is 0 Å².